The second kappa shape index (κ2) is 9.47. The Kier molecular flexibility index (Phi) is 6.98. The molecule has 0 saturated heterocycles. The van der Waals surface area contributed by atoms with Crippen LogP contribution in [0, 0.1) is 11.7 Å². The Balaban J connectivity index is 1.98. The average Bonchev–Trinajstić information content (AvgIpc) is 2.73. The number of carbonyl (C=O) groups excluding carboxylic acids is 1. The first-order valence-electron chi connectivity index (χ1n) is 10.4. The summed E-state index contributed by atoms with van der Waals surface area (Å²) in [4.78, 5) is 14.8. The molecule has 0 saturated carbocycles. The van der Waals surface area contributed by atoms with E-state index in [0.717, 1.165) is 24.1 Å². The van der Waals surface area contributed by atoms with Gasteiger partial charge in [0.15, 0.2) is 11.5 Å². The van der Waals surface area contributed by atoms with E-state index < -0.39 is 0 Å². The van der Waals surface area contributed by atoms with E-state index in [1.807, 2.05) is 45.0 Å². The molecule has 0 fully saturated rings. The predicted molar refractivity (Wildman–Crippen MR) is 115 cm³/mol. The number of nitrogens with one attached hydrogen (secondary N) is 1. The fourth-order valence-corrected chi connectivity index (χ4v) is 4.09. The molecule has 3 rings (SSSR count). The fourth-order valence-electron chi connectivity index (χ4n) is 4.09. The van der Waals surface area contributed by atoms with E-state index in [1.54, 1.807) is 14.2 Å². The molecule has 0 bridgehead atoms. The van der Waals surface area contributed by atoms with E-state index in [9.17, 15) is 9.18 Å². The number of methoxy groups -OCH3 is 2. The van der Waals surface area contributed by atoms with E-state index in [2.05, 4.69) is 10.2 Å². The summed E-state index contributed by atoms with van der Waals surface area (Å²) < 4.78 is 24.4. The van der Waals surface area contributed by atoms with Crippen LogP contribution in [-0.2, 0) is 17.8 Å². The second-order valence-electron chi connectivity index (χ2n) is 8.15. The van der Waals surface area contributed by atoms with E-state index in [1.165, 1.54) is 17.7 Å². The highest BCUT2D eigenvalue weighted by Crippen LogP contribution is 2.40. The molecule has 1 N–H and O–H groups in total. The standard InChI is InChI=1S/C24H31FN2O3/c1-15(2)24(28)26-16(3)23-20-13-22(30-5)21(29-4)12-18(20)10-11-27(23)14-17-6-8-19(25)9-7-17/h6-9,12-13,15-16,23H,10-11,14H2,1-5H3,(H,26,28). The van der Waals surface area contributed by atoms with Crippen LogP contribution < -0.4 is 14.8 Å². The quantitative estimate of drug-likeness (QED) is 0.741. The van der Waals surface area contributed by atoms with Gasteiger partial charge < -0.3 is 14.8 Å². The summed E-state index contributed by atoms with van der Waals surface area (Å²) in [5, 5.41) is 3.17. The molecule has 2 aromatic carbocycles. The van der Waals surface area contributed by atoms with Crippen LogP contribution in [0.1, 0.15) is 43.5 Å². The maximum Gasteiger partial charge on any atom is 0.222 e. The summed E-state index contributed by atoms with van der Waals surface area (Å²) >= 11 is 0. The van der Waals surface area contributed by atoms with Crippen molar-refractivity contribution in [1.29, 1.82) is 0 Å². The third kappa shape index (κ3) is 4.75. The van der Waals surface area contributed by atoms with Crippen molar-refractivity contribution in [2.45, 2.75) is 45.8 Å². The van der Waals surface area contributed by atoms with Crippen molar-refractivity contribution < 1.29 is 18.7 Å². The average molecular weight is 415 g/mol. The van der Waals surface area contributed by atoms with Crippen molar-refractivity contribution in [1.82, 2.24) is 10.2 Å². The van der Waals surface area contributed by atoms with E-state index in [0.29, 0.717) is 18.0 Å². The lowest BCUT2D eigenvalue weighted by Crippen LogP contribution is -2.48. The monoisotopic (exact) mass is 414 g/mol. The lowest BCUT2D eigenvalue weighted by atomic mass is 9.87. The van der Waals surface area contributed by atoms with Gasteiger partial charge in [-0.05, 0) is 54.3 Å². The van der Waals surface area contributed by atoms with Crippen molar-refractivity contribution in [3.8, 4) is 11.5 Å². The first-order chi connectivity index (χ1) is 14.3. The van der Waals surface area contributed by atoms with Crippen LogP contribution in [0.15, 0.2) is 36.4 Å². The van der Waals surface area contributed by atoms with Crippen LogP contribution >= 0.6 is 0 Å². The lowest BCUT2D eigenvalue weighted by molar-refractivity contribution is -0.125. The molecule has 0 aliphatic carbocycles. The van der Waals surface area contributed by atoms with Gasteiger partial charge in [0.2, 0.25) is 5.91 Å². The molecular weight excluding hydrogens is 383 g/mol. The lowest BCUT2D eigenvalue weighted by Gasteiger charge is -2.41. The van der Waals surface area contributed by atoms with Gasteiger partial charge in [0.25, 0.3) is 0 Å². The Labute approximate surface area is 178 Å². The number of hydrogen-bond donors (Lipinski definition) is 1. The van der Waals surface area contributed by atoms with Crippen LogP contribution in [0.4, 0.5) is 4.39 Å². The highest BCUT2D eigenvalue weighted by Gasteiger charge is 2.34. The number of nitrogens with zero attached hydrogens (tertiary/aromatic N) is 1. The zero-order valence-electron chi connectivity index (χ0n) is 18.4. The predicted octanol–water partition coefficient (Wildman–Crippen LogP) is 4.10. The molecule has 6 heteroatoms. The minimum absolute atomic E-state index is 0.0248. The summed E-state index contributed by atoms with van der Waals surface area (Å²) in [5.74, 6) is 1.07. The van der Waals surface area contributed by atoms with Crippen LogP contribution in [-0.4, -0.2) is 37.6 Å². The summed E-state index contributed by atoms with van der Waals surface area (Å²) in [7, 11) is 3.26. The Hall–Kier alpha value is -2.60. The molecule has 30 heavy (non-hydrogen) atoms. The Morgan fingerprint density at radius 1 is 1.13 bits per heavy atom. The van der Waals surface area contributed by atoms with Gasteiger partial charge in [-0.15, -0.1) is 0 Å². The number of hydrogen-bond acceptors (Lipinski definition) is 4. The zero-order chi connectivity index (χ0) is 21.8. The summed E-state index contributed by atoms with van der Waals surface area (Å²) in [5.41, 5.74) is 3.35. The number of rotatable bonds is 7. The third-order valence-electron chi connectivity index (χ3n) is 5.69. The van der Waals surface area contributed by atoms with Gasteiger partial charge in [-0.1, -0.05) is 26.0 Å². The first-order valence-corrected chi connectivity index (χ1v) is 10.4. The van der Waals surface area contributed by atoms with Crippen LogP contribution in [0.2, 0.25) is 0 Å². The third-order valence-corrected chi connectivity index (χ3v) is 5.69. The SMILES string of the molecule is COc1cc2c(cc1OC)C(C(C)NC(=O)C(C)C)N(Cc1ccc(F)cc1)CC2. The van der Waals surface area contributed by atoms with Gasteiger partial charge in [-0.25, -0.2) is 4.39 Å². The number of carbonyl (C=O) groups is 1. The van der Waals surface area contributed by atoms with E-state index in [-0.39, 0.29) is 29.7 Å². The zero-order valence-corrected chi connectivity index (χ0v) is 18.4. The van der Waals surface area contributed by atoms with Gasteiger partial charge in [0.1, 0.15) is 5.82 Å². The largest absolute Gasteiger partial charge is 0.493 e. The van der Waals surface area contributed by atoms with Gasteiger partial charge >= 0.3 is 0 Å². The molecule has 5 nitrogen and oxygen atoms in total. The van der Waals surface area contributed by atoms with Crippen molar-refractivity contribution >= 4 is 5.91 Å². The van der Waals surface area contributed by atoms with Crippen molar-refractivity contribution in [2.24, 2.45) is 5.92 Å². The molecule has 1 amide bonds. The molecule has 2 atom stereocenters. The first kappa shape index (κ1) is 22.1. The molecular formula is C24H31FN2O3. The van der Waals surface area contributed by atoms with Crippen LogP contribution in [0.3, 0.4) is 0 Å². The minimum Gasteiger partial charge on any atom is -0.493 e. The maximum atomic E-state index is 13.4. The fraction of sp³-hybridized carbons (Fsp3) is 0.458. The van der Waals surface area contributed by atoms with Gasteiger partial charge in [-0.2, -0.15) is 0 Å². The number of amides is 1. The topological polar surface area (TPSA) is 50.8 Å². The Morgan fingerprint density at radius 3 is 2.37 bits per heavy atom. The number of halogens is 1. The summed E-state index contributed by atoms with van der Waals surface area (Å²) in [6.07, 6.45) is 0.859. The smallest absolute Gasteiger partial charge is 0.222 e. The highest BCUT2D eigenvalue weighted by atomic mass is 19.1. The molecule has 1 heterocycles. The van der Waals surface area contributed by atoms with Crippen LogP contribution in [0.5, 0.6) is 11.5 Å². The molecule has 0 aromatic heterocycles. The van der Waals surface area contributed by atoms with Crippen molar-refractivity contribution in [3.05, 3.63) is 58.9 Å². The summed E-state index contributed by atoms with van der Waals surface area (Å²) in [6, 6.07) is 10.5. The molecule has 1 aliphatic heterocycles. The van der Waals surface area contributed by atoms with E-state index >= 15 is 0 Å². The minimum atomic E-state index is -0.242. The van der Waals surface area contributed by atoms with Gasteiger partial charge in [0, 0.05) is 25.0 Å². The molecule has 2 aromatic rings. The second-order valence-corrected chi connectivity index (χ2v) is 8.15. The Bertz CT molecular complexity index is 883. The normalized spacial score (nSPS) is 17.4. The van der Waals surface area contributed by atoms with E-state index in [4.69, 9.17) is 9.47 Å². The van der Waals surface area contributed by atoms with Crippen molar-refractivity contribution in [2.75, 3.05) is 20.8 Å². The number of ether oxygens (including phenoxy) is 2. The maximum absolute atomic E-state index is 13.4. The van der Waals surface area contributed by atoms with Crippen LogP contribution in [0.25, 0.3) is 0 Å². The van der Waals surface area contributed by atoms with Gasteiger partial charge in [0.05, 0.1) is 20.3 Å². The molecule has 0 radical (unpaired) electrons. The van der Waals surface area contributed by atoms with Gasteiger partial charge in [-0.3, -0.25) is 9.69 Å². The molecule has 0 spiro atoms. The highest BCUT2D eigenvalue weighted by molar-refractivity contribution is 5.78. The summed E-state index contributed by atoms with van der Waals surface area (Å²) in [6.45, 7) is 7.31. The van der Waals surface area contributed by atoms with Crippen molar-refractivity contribution in [3.63, 3.8) is 0 Å². The molecule has 2 unspecified atom stereocenters. The molecule has 162 valence electrons. The Morgan fingerprint density at radius 2 is 1.77 bits per heavy atom. The molecule has 1 aliphatic rings. The number of benzene rings is 2. The number of fused-ring (bicyclic) bond motifs is 1.